The van der Waals surface area contributed by atoms with Gasteiger partial charge in [0.1, 0.15) is 0 Å². The van der Waals surface area contributed by atoms with E-state index in [1.165, 1.54) is 0 Å². The summed E-state index contributed by atoms with van der Waals surface area (Å²) in [6, 6.07) is 0. The second kappa shape index (κ2) is 14.6. The minimum absolute atomic E-state index is 3.12. The first-order valence-electron chi connectivity index (χ1n) is 14.8. The minimum Gasteiger partial charge on any atom is -0.204 e. The molecule has 0 fully saturated rings. The van der Waals surface area contributed by atoms with E-state index in [9.17, 15) is 65.9 Å². The molecule has 0 amide bonds. The van der Waals surface area contributed by atoms with E-state index in [0.29, 0.717) is 0 Å². The quantitative estimate of drug-likeness (QED) is 0.0714. The molecule has 1 aliphatic heterocycles. The Morgan fingerprint density at radius 1 is 0.167 bits per heavy atom. The maximum Gasteiger partial charge on any atom is 0.252 e. The SMILES string of the molecule is Fc1c(F)c(F)c(B2C(c3c(F)c(F)c(F)c(F)c3F)=C(c3c(F)c(F)c(F)c(F)c3F)C(c3c(F)c(F)c(F)c(F)c3F)=C2c2c(F)c(F)c(F)c(F)c2F)c(F)c1F. The molecule has 0 aromatic heterocycles. The van der Waals surface area contributed by atoms with E-state index in [2.05, 4.69) is 0 Å². The summed E-state index contributed by atoms with van der Waals surface area (Å²) in [6.45, 7) is -4.62. The molecule has 0 aliphatic carbocycles. The van der Waals surface area contributed by atoms with E-state index in [1.807, 2.05) is 0 Å². The van der Waals surface area contributed by atoms with Gasteiger partial charge in [-0.2, -0.15) is 0 Å². The zero-order valence-electron chi connectivity index (χ0n) is 27.0. The lowest BCUT2D eigenvalue weighted by molar-refractivity contribution is 0.375. The summed E-state index contributed by atoms with van der Waals surface area (Å²) in [6.07, 6.45) is 0. The number of benzene rings is 5. The normalized spacial score (nSPS) is 13.2. The first-order chi connectivity index (χ1) is 27.8. The summed E-state index contributed by atoms with van der Waals surface area (Å²) in [5.74, 6) is -86.8. The van der Waals surface area contributed by atoms with Crippen molar-refractivity contribution >= 4 is 34.3 Å². The van der Waals surface area contributed by atoms with E-state index in [0.717, 1.165) is 0 Å². The van der Waals surface area contributed by atoms with Crippen molar-refractivity contribution in [2.75, 3.05) is 0 Å². The molecule has 5 aromatic rings. The monoisotopic (exact) mass is 894 g/mol. The Hall–Kier alpha value is -6.11. The molecule has 1 heterocycles. The van der Waals surface area contributed by atoms with Gasteiger partial charge in [0, 0.05) is 16.6 Å². The molecule has 5 aromatic carbocycles. The fourth-order valence-corrected chi connectivity index (χ4v) is 6.26. The summed E-state index contributed by atoms with van der Waals surface area (Å²) in [5.41, 5.74) is -28.7. The van der Waals surface area contributed by atoms with E-state index in [-0.39, 0.29) is 0 Å². The van der Waals surface area contributed by atoms with Crippen molar-refractivity contribution in [1.82, 2.24) is 0 Å². The van der Waals surface area contributed by atoms with Crippen molar-refractivity contribution in [2.24, 2.45) is 0 Å². The Morgan fingerprint density at radius 3 is 0.517 bits per heavy atom. The molecule has 0 spiro atoms. The van der Waals surface area contributed by atoms with Gasteiger partial charge in [-0.1, -0.05) is 0 Å². The second-order valence-corrected chi connectivity index (χ2v) is 11.8. The van der Waals surface area contributed by atoms with E-state index < -0.39 is 202 Å². The molecule has 6 rings (SSSR count). The van der Waals surface area contributed by atoms with Crippen LogP contribution in [0.3, 0.4) is 0 Å². The van der Waals surface area contributed by atoms with Crippen molar-refractivity contribution in [1.29, 1.82) is 0 Å². The van der Waals surface area contributed by atoms with Crippen molar-refractivity contribution < 1.29 is 110 Å². The van der Waals surface area contributed by atoms with Crippen LogP contribution in [0.15, 0.2) is 0 Å². The van der Waals surface area contributed by atoms with Crippen LogP contribution in [-0.2, 0) is 0 Å². The van der Waals surface area contributed by atoms with Crippen LogP contribution in [0.5, 0.6) is 0 Å². The van der Waals surface area contributed by atoms with Gasteiger partial charge in [0.05, 0.1) is 11.1 Å². The fourth-order valence-electron chi connectivity index (χ4n) is 6.26. The molecule has 314 valence electrons. The van der Waals surface area contributed by atoms with Crippen LogP contribution in [0.4, 0.5) is 110 Å². The van der Waals surface area contributed by atoms with Crippen molar-refractivity contribution in [3.05, 3.63) is 168 Å². The molecule has 0 saturated carbocycles. The molecule has 0 radical (unpaired) electrons. The van der Waals surface area contributed by atoms with E-state index in [1.54, 1.807) is 0 Å². The van der Waals surface area contributed by atoms with Gasteiger partial charge in [0.25, 0.3) is 6.71 Å². The number of hydrogen-bond acceptors (Lipinski definition) is 0. The van der Waals surface area contributed by atoms with Crippen LogP contribution in [0.25, 0.3) is 22.1 Å². The highest BCUT2D eigenvalue weighted by atomic mass is 19.2. The summed E-state index contributed by atoms with van der Waals surface area (Å²) >= 11 is 0. The number of allylic oxidation sites excluding steroid dienone is 2. The van der Waals surface area contributed by atoms with Gasteiger partial charge in [-0.05, 0) is 22.1 Å². The molecule has 0 nitrogen and oxygen atoms in total. The highest BCUT2D eigenvalue weighted by Gasteiger charge is 2.52. The Labute approximate surface area is 312 Å². The molecule has 0 saturated heterocycles. The average Bonchev–Trinajstić information content (AvgIpc) is 3.52. The maximum absolute atomic E-state index is 15.8. The van der Waals surface area contributed by atoms with Gasteiger partial charge in [-0.15, -0.1) is 0 Å². The zero-order chi connectivity index (χ0) is 45.2. The third-order valence-corrected chi connectivity index (χ3v) is 8.78. The topological polar surface area (TPSA) is 0 Å². The van der Waals surface area contributed by atoms with Crippen LogP contribution in [0.2, 0.25) is 0 Å². The molecule has 26 heteroatoms. The van der Waals surface area contributed by atoms with Crippen molar-refractivity contribution in [3.63, 3.8) is 0 Å². The Balaban J connectivity index is 2.17. The fraction of sp³-hybridized carbons (Fsp3) is 0. The van der Waals surface area contributed by atoms with E-state index in [4.69, 9.17) is 0 Å². The van der Waals surface area contributed by atoms with Gasteiger partial charge < -0.3 is 0 Å². The molecule has 0 N–H and O–H groups in total. The van der Waals surface area contributed by atoms with E-state index >= 15 is 43.9 Å². The zero-order valence-corrected chi connectivity index (χ0v) is 27.0. The molecule has 0 bridgehead atoms. The van der Waals surface area contributed by atoms with Gasteiger partial charge in [-0.25, -0.2) is 110 Å². The second-order valence-electron chi connectivity index (χ2n) is 11.8. The lowest BCUT2D eigenvalue weighted by Gasteiger charge is -2.22. The van der Waals surface area contributed by atoms with Crippen molar-refractivity contribution in [2.45, 2.75) is 0 Å². The van der Waals surface area contributed by atoms with Crippen LogP contribution < -0.4 is 5.46 Å². The maximum atomic E-state index is 15.8. The Kier molecular flexibility index (Phi) is 10.6. The highest BCUT2D eigenvalue weighted by molar-refractivity contribution is 7.08. The van der Waals surface area contributed by atoms with Crippen LogP contribution in [-0.4, -0.2) is 6.71 Å². The third kappa shape index (κ3) is 5.68. The molecular formula is C34BF25. The summed E-state index contributed by atoms with van der Waals surface area (Å²) in [7, 11) is 0. The van der Waals surface area contributed by atoms with Gasteiger partial charge in [0.15, 0.2) is 122 Å². The molecule has 0 atom stereocenters. The molecule has 1 aliphatic rings. The Bertz CT molecular complexity index is 2570. The molecule has 60 heavy (non-hydrogen) atoms. The Morgan fingerprint density at radius 2 is 0.317 bits per heavy atom. The van der Waals surface area contributed by atoms with Gasteiger partial charge in [-0.3, -0.25) is 0 Å². The lowest BCUT2D eigenvalue weighted by Crippen LogP contribution is -2.41. The first kappa shape index (κ1) is 43.5. The largest absolute Gasteiger partial charge is 0.252 e. The summed E-state index contributed by atoms with van der Waals surface area (Å²) in [5, 5.41) is 0. The number of halogens is 25. The van der Waals surface area contributed by atoms with Crippen molar-refractivity contribution in [3.8, 4) is 0 Å². The average molecular weight is 894 g/mol. The number of hydrogen-bond donors (Lipinski definition) is 0. The standard InChI is InChI=1S/C34BF25/c36-10-3(11(37)21(47)30(56)20(10)46)1-2(4-12(38)22(48)31(57)23(49)13(4)39)8(6-16(42)26(52)33(59)27(53)17(6)43)35(9-18(44)28(54)34(60)29(55)19(9)45)7(1)5-14(40)24(50)32(58)25(51)15(5)41. The lowest BCUT2D eigenvalue weighted by atomic mass is 9.34. The summed E-state index contributed by atoms with van der Waals surface area (Å²) in [4.78, 5) is 0. The van der Waals surface area contributed by atoms with Crippen LogP contribution in [0, 0.1) is 145 Å². The predicted octanol–water partition coefficient (Wildman–Crippen LogP) is 11.2. The minimum atomic E-state index is -4.62. The summed E-state index contributed by atoms with van der Waals surface area (Å²) < 4.78 is 378. The third-order valence-electron chi connectivity index (χ3n) is 8.78. The highest BCUT2D eigenvalue weighted by Crippen LogP contribution is 2.56. The van der Waals surface area contributed by atoms with Crippen LogP contribution in [0.1, 0.15) is 22.3 Å². The predicted molar refractivity (Wildman–Crippen MR) is 150 cm³/mol. The molecule has 0 unspecified atom stereocenters. The molecular weight excluding hydrogens is 894 g/mol. The number of rotatable bonds is 5. The van der Waals surface area contributed by atoms with Crippen LogP contribution >= 0.6 is 0 Å². The first-order valence-corrected chi connectivity index (χ1v) is 14.8. The smallest absolute Gasteiger partial charge is 0.204 e. The van der Waals surface area contributed by atoms with Gasteiger partial charge >= 0.3 is 0 Å². The van der Waals surface area contributed by atoms with Gasteiger partial charge in [0.2, 0.25) is 23.3 Å².